The minimum Gasteiger partial charge on any atom is -0.273 e. The lowest BCUT2D eigenvalue weighted by Gasteiger charge is -2.18. The standard InChI is InChI=1S/2C18H16NP.2BH4/c2*19-20(16-10-4-1-5-11-16,17-12-6-2-7-13-17)18-14-8-3-9-15-18;;/h2*1-15,19H;2*1H4/q;;2*-1/p+2. The lowest BCUT2D eigenvalue weighted by molar-refractivity contribution is -0.0815. The molecule has 0 heterocycles. The Bertz CT molecular complexity index is 1380. The second-order valence-corrected chi connectivity index (χ2v) is 15.4. The third-order valence-electron chi connectivity index (χ3n) is 6.98. The molecule has 0 saturated carbocycles. The smallest absolute Gasteiger partial charge is 0.181 e. The summed E-state index contributed by atoms with van der Waals surface area (Å²) in [7, 11) is -4.05. The molecule has 2 nitrogen and oxygen atoms in total. The number of rotatable bonds is 6. The molecule has 0 bridgehead atoms. The zero-order valence-corrected chi connectivity index (χ0v) is 24.2. The fraction of sp³-hybridized carbons (Fsp3) is 0. The first-order valence-electron chi connectivity index (χ1n) is 13.3. The number of benzene rings is 6. The maximum atomic E-state index is 6.97. The molecule has 42 heavy (non-hydrogen) atoms. The molecule has 6 aromatic rings. The molecular weight excluding hydrogens is 544 g/mol. The molecule has 0 amide bonds. The van der Waals surface area contributed by atoms with Gasteiger partial charge in [0.25, 0.3) is 0 Å². The number of hydrogen-bond donors (Lipinski definition) is 2. The molecule has 6 rings (SSSR count). The average Bonchev–Trinajstić information content (AvgIpc) is 3.07. The Kier molecular flexibility index (Phi) is 11.8. The predicted molar refractivity (Wildman–Crippen MR) is 197 cm³/mol. The van der Waals surface area contributed by atoms with Gasteiger partial charge in [-0.05, 0) is 72.8 Å². The van der Waals surface area contributed by atoms with Crippen LogP contribution in [0.2, 0.25) is 0 Å². The Morgan fingerprint density at radius 1 is 0.238 bits per heavy atom. The molecule has 0 fully saturated rings. The van der Waals surface area contributed by atoms with Gasteiger partial charge in [-0.1, -0.05) is 126 Å². The topological polar surface area (TPSA) is 51.2 Å². The van der Waals surface area contributed by atoms with E-state index in [0.29, 0.717) is 0 Å². The zero-order valence-electron chi connectivity index (χ0n) is 22.4. The molecule has 0 aromatic heterocycles. The van der Waals surface area contributed by atoms with Crippen molar-refractivity contribution in [3.8, 4) is 0 Å². The van der Waals surface area contributed by atoms with Crippen LogP contribution in [0.3, 0.4) is 0 Å². The Morgan fingerprint density at radius 2 is 0.357 bits per heavy atom. The lowest BCUT2D eigenvalue weighted by Crippen LogP contribution is -2.44. The van der Waals surface area contributed by atoms with E-state index in [1.54, 1.807) is 0 Å². The minimum absolute atomic E-state index is 0. The summed E-state index contributed by atoms with van der Waals surface area (Å²) in [6.45, 7) is 0. The SMILES string of the molecule is [BH4-].[BH4-].[NH2+]=P(c1ccccc1)(c1ccccc1)c1ccccc1.[NH2+]=P(c1ccccc1)(c1ccccc1)c1ccccc1. The molecule has 0 saturated heterocycles. The largest absolute Gasteiger partial charge is 0.273 e. The number of nitrogens with two attached hydrogens (primary N) is 2. The van der Waals surface area contributed by atoms with Gasteiger partial charge < -0.3 is 0 Å². The van der Waals surface area contributed by atoms with Crippen LogP contribution in [-0.4, -0.2) is 16.8 Å². The molecule has 0 aliphatic carbocycles. The first-order chi connectivity index (χ1) is 19.6. The summed E-state index contributed by atoms with van der Waals surface area (Å²) in [6.07, 6.45) is 0. The Morgan fingerprint density at radius 3 is 0.476 bits per heavy atom. The van der Waals surface area contributed by atoms with Gasteiger partial charge in [0, 0.05) is 31.8 Å². The van der Waals surface area contributed by atoms with E-state index in [1.807, 2.05) is 36.4 Å². The van der Waals surface area contributed by atoms with Crippen LogP contribution in [0.1, 0.15) is 0 Å². The Labute approximate surface area is 254 Å². The van der Waals surface area contributed by atoms with Gasteiger partial charge in [0.1, 0.15) is 0 Å². The van der Waals surface area contributed by atoms with Crippen molar-refractivity contribution in [1.82, 2.24) is 0 Å². The first-order valence-corrected chi connectivity index (χ1v) is 17.0. The monoisotopic (exact) mass is 586 g/mol. The van der Waals surface area contributed by atoms with Crippen LogP contribution in [0.5, 0.6) is 0 Å². The Balaban J connectivity index is 0.000000220. The van der Waals surface area contributed by atoms with Crippen LogP contribution in [0.4, 0.5) is 0 Å². The van der Waals surface area contributed by atoms with E-state index in [1.165, 1.54) is 31.8 Å². The summed E-state index contributed by atoms with van der Waals surface area (Å²) >= 11 is 0. The van der Waals surface area contributed by atoms with Gasteiger partial charge >= 0.3 is 0 Å². The van der Waals surface area contributed by atoms with E-state index in [0.717, 1.165) is 0 Å². The van der Waals surface area contributed by atoms with Crippen molar-refractivity contribution in [2.45, 2.75) is 0 Å². The summed E-state index contributed by atoms with van der Waals surface area (Å²) in [5.74, 6) is 0. The highest BCUT2D eigenvalue weighted by atomic mass is 31.2. The normalized spacial score (nSPS) is 10.7. The maximum absolute atomic E-state index is 6.97. The molecule has 0 radical (unpaired) electrons. The van der Waals surface area contributed by atoms with Gasteiger partial charge in [0.2, 0.25) is 0 Å². The molecule has 6 aromatic carbocycles. The van der Waals surface area contributed by atoms with Crippen LogP contribution in [0.15, 0.2) is 182 Å². The maximum Gasteiger partial charge on any atom is 0.181 e. The van der Waals surface area contributed by atoms with Crippen molar-refractivity contribution < 1.29 is 10.3 Å². The van der Waals surface area contributed by atoms with Crippen LogP contribution in [-0.2, 0) is 0 Å². The zero-order chi connectivity index (χ0) is 27.7. The van der Waals surface area contributed by atoms with E-state index >= 15 is 0 Å². The van der Waals surface area contributed by atoms with Crippen LogP contribution < -0.4 is 42.2 Å². The minimum atomic E-state index is -2.03. The third-order valence-corrected chi connectivity index (χ3v) is 13.7. The van der Waals surface area contributed by atoms with Crippen molar-refractivity contribution in [3.05, 3.63) is 182 Å². The summed E-state index contributed by atoms with van der Waals surface area (Å²) in [6, 6.07) is 62.5. The highest BCUT2D eigenvalue weighted by Crippen LogP contribution is 2.38. The van der Waals surface area contributed by atoms with Crippen LogP contribution >= 0.6 is 14.1 Å². The first kappa shape index (κ1) is 32.4. The van der Waals surface area contributed by atoms with E-state index in [4.69, 9.17) is 10.3 Å². The fourth-order valence-electron chi connectivity index (χ4n) is 4.87. The molecule has 0 aliphatic rings. The lowest BCUT2D eigenvalue weighted by atomic mass is 10.4. The van der Waals surface area contributed by atoms with Gasteiger partial charge in [-0.25, -0.2) is 0 Å². The van der Waals surface area contributed by atoms with Crippen molar-refractivity contribution in [2.75, 3.05) is 0 Å². The van der Waals surface area contributed by atoms with Crippen molar-refractivity contribution >= 4 is 62.8 Å². The summed E-state index contributed by atoms with van der Waals surface area (Å²) in [4.78, 5) is 0. The predicted octanol–water partition coefficient (Wildman–Crippen LogP) is 0.943. The van der Waals surface area contributed by atoms with E-state index < -0.39 is 14.1 Å². The van der Waals surface area contributed by atoms with E-state index in [2.05, 4.69) is 146 Å². The average molecular weight is 586 g/mol. The quantitative estimate of drug-likeness (QED) is 0.216. The molecular formula is C36H42B2N2P2. The molecule has 212 valence electrons. The van der Waals surface area contributed by atoms with Crippen molar-refractivity contribution in [1.29, 1.82) is 0 Å². The summed E-state index contributed by atoms with van der Waals surface area (Å²) in [5, 5.41) is 21.2. The molecule has 0 spiro atoms. The molecule has 0 atom stereocenters. The third kappa shape index (κ3) is 6.85. The molecule has 0 unspecified atom stereocenters. The van der Waals surface area contributed by atoms with Crippen molar-refractivity contribution in [2.24, 2.45) is 0 Å². The van der Waals surface area contributed by atoms with E-state index in [9.17, 15) is 0 Å². The molecule has 6 heteroatoms. The van der Waals surface area contributed by atoms with Gasteiger partial charge in [-0.2, -0.15) is 0 Å². The highest BCUT2D eigenvalue weighted by Gasteiger charge is 2.31. The second-order valence-electron chi connectivity index (χ2n) is 9.46. The summed E-state index contributed by atoms with van der Waals surface area (Å²) < 4.78 is 0. The molecule has 4 N–H and O–H groups in total. The van der Waals surface area contributed by atoms with Crippen molar-refractivity contribution in [3.63, 3.8) is 0 Å². The van der Waals surface area contributed by atoms with Gasteiger partial charge in [-0.15, -0.1) is 0 Å². The van der Waals surface area contributed by atoms with Crippen LogP contribution in [0.25, 0.3) is 0 Å². The number of hydrogen-bond acceptors (Lipinski definition) is 0. The van der Waals surface area contributed by atoms with Gasteiger partial charge in [-0.3, -0.25) is 10.3 Å². The molecule has 0 aliphatic heterocycles. The van der Waals surface area contributed by atoms with E-state index in [-0.39, 0.29) is 16.8 Å². The second kappa shape index (κ2) is 15.2. The van der Waals surface area contributed by atoms with Crippen LogP contribution in [0, 0.1) is 0 Å². The summed E-state index contributed by atoms with van der Waals surface area (Å²) in [5.41, 5.74) is 0. The van der Waals surface area contributed by atoms with Gasteiger partial charge in [0.15, 0.2) is 14.1 Å². The van der Waals surface area contributed by atoms with Gasteiger partial charge in [0.05, 0.1) is 0 Å². The Hall–Kier alpha value is -4.09. The highest BCUT2D eigenvalue weighted by molar-refractivity contribution is 7.85. The fourth-order valence-corrected chi connectivity index (χ4v) is 10.5.